The molecular weight excluding hydrogens is 148 g/mol. The van der Waals surface area contributed by atoms with Gasteiger partial charge in [-0.15, -0.1) is 0 Å². The van der Waals surface area contributed by atoms with E-state index in [0.717, 1.165) is 0 Å². The molecule has 58 valence electrons. The number of rotatable bonds is 2. The van der Waals surface area contributed by atoms with E-state index >= 15 is 0 Å². The van der Waals surface area contributed by atoms with E-state index in [1.807, 2.05) is 0 Å². The van der Waals surface area contributed by atoms with Gasteiger partial charge in [-0.2, -0.15) is 0 Å². The molecule has 0 bridgehead atoms. The van der Waals surface area contributed by atoms with Gasteiger partial charge in [0.2, 0.25) is 6.20 Å². The van der Waals surface area contributed by atoms with E-state index in [2.05, 4.69) is 4.98 Å². The van der Waals surface area contributed by atoms with Crippen LogP contribution >= 0.6 is 0 Å². The van der Waals surface area contributed by atoms with Crippen LogP contribution in [-0.4, -0.2) is 12.0 Å². The van der Waals surface area contributed by atoms with Gasteiger partial charge in [-0.3, -0.25) is 10.1 Å². The average molecular weight is 155 g/mol. The largest absolute Gasteiger partial charge is 0.486 e. The predicted octanol–water partition coefficient (Wildman–Crippen LogP) is 0.417. The third kappa shape index (κ3) is 1.43. The number of aromatic amines is 1. The van der Waals surface area contributed by atoms with Gasteiger partial charge in [0, 0.05) is 0 Å². The quantitative estimate of drug-likeness (QED) is 0.459. The minimum absolute atomic E-state index is 0.0359. The Hall–Kier alpha value is -1.65. The summed E-state index contributed by atoms with van der Waals surface area (Å²) in [6.07, 6.45) is 2.90. The van der Waals surface area contributed by atoms with Crippen molar-refractivity contribution >= 4 is 5.69 Å². The highest BCUT2D eigenvalue weighted by Gasteiger charge is 2.15. The molecule has 0 radical (unpaired) electrons. The van der Waals surface area contributed by atoms with Crippen molar-refractivity contribution in [3.05, 3.63) is 28.6 Å². The van der Waals surface area contributed by atoms with Crippen molar-refractivity contribution in [2.75, 3.05) is 7.11 Å². The van der Waals surface area contributed by atoms with Gasteiger partial charge in [-0.1, -0.05) is 0 Å². The Balaban J connectivity index is 3.12. The monoisotopic (exact) mass is 155 g/mol. The second-order valence-electron chi connectivity index (χ2n) is 1.86. The van der Waals surface area contributed by atoms with Crippen LogP contribution in [0.25, 0.3) is 0 Å². The number of hydrogen-bond acceptors (Lipinski definition) is 3. The molecule has 0 amide bonds. The number of pyridine rings is 1. The molecule has 0 saturated heterocycles. The standard InChI is InChI=1S/C6H6N2O3/c1-11-6-4-7-3-2-5(6)8(9)10/h2-4H,1H3/p+1. The number of aromatic nitrogens is 1. The minimum atomic E-state index is -0.493. The van der Waals surface area contributed by atoms with Crippen molar-refractivity contribution in [3.63, 3.8) is 0 Å². The molecule has 0 unspecified atom stereocenters. The fraction of sp³-hybridized carbons (Fsp3) is 0.167. The molecule has 1 aromatic heterocycles. The SMILES string of the molecule is COc1c[nH+]ccc1[N+](=O)[O-]. The van der Waals surface area contributed by atoms with Crippen molar-refractivity contribution in [1.82, 2.24) is 0 Å². The van der Waals surface area contributed by atoms with Gasteiger partial charge in [0.1, 0.15) is 0 Å². The van der Waals surface area contributed by atoms with Gasteiger partial charge in [0.15, 0.2) is 6.20 Å². The first-order valence-corrected chi connectivity index (χ1v) is 2.94. The zero-order valence-corrected chi connectivity index (χ0v) is 5.90. The fourth-order valence-electron chi connectivity index (χ4n) is 0.721. The summed E-state index contributed by atoms with van der Waals surface area (Å²) in [6.45, 7) is 0. The van der Waals surface area contributed by atoms with E-state index in [1.54, 1.807) is 0 Å². The maximum absolute atomic E-state index is 10.3. The molecule has 0 spiro atoms. The summed E-state index contributed by atoms with van der Waals surface area (Å²) in [7, 11) is 1.39. The van der Waals surface area contributed by atoms with E-state index in [0.29, 0.717) is 0 Å². The minimum Gasteiger partial charge on any atom is -0.486 e. The number of nitrogens with one attached hydrogen (secondary N) is 1. The van der Waals surface area contributed by atoms with Crippen LogP contribution in [0.3, 0.4) is 0 Å². The number of nitrogens with zero attached hydrogens (tertiary/aromatic N) is 1. The molecule has 0 aromatic carbocycles. The summed E-state index contributed by atoms with van der Waals surface area (Å²) in [5.74, 6) is 0.234. The zero-order valence-electron chi connectivity index (χ0n) is 5.90. The van der Waals surface area contributed by atoms with Crippen LogP contribution in [-0.2, 0) is 0 Å². The van der Waals surface area contributed by atoms with Gasteiger partial charge >= 0.3 is 5.69 Å². The van der Waals surface area contributed by atoms with Gasteiger partial charge in [-0.25, -0.2) is 4.98 Å². The van der Waals surface area contributed by atoms with E-state index < -0.39 is 4.92 Å². The molecule has 1 N–H and O–H groups in total. The summed E-state index contributed by atoms with van der Waals surface area (Å²) in [6, 6.07) is 1.35. The summed E-state index contributed by atoms with van der Waals surface area (Å²) in [4.78, 5) is 12.5. The number of hydrogen-bond donors (Lipinski definition) is 0. The number of nitro groups is 1. The molecule has 0 aliphatic carbocycles. The van der Waals surface area contributed by atoms with Crippen LogP contribution in [0.2, 0.25) is 0 Å². The molecule has 11 heavy (non-hydrogen) atoms. The third-order valence-corrected chi connectivity index (χ3v) is 1.22. The normalized spacial score (nSPS) is 9.18. The highest BCUT2D eigenvalue weighted by molar-refractivity contribution is 5.41. The van der Waals surface area contributed by atoms with E-state index in [9.17, 15) is 10.1 Å². The van der Waals surface area contributed by atoms with E-state index in [-0.39, 0.29) is 11.4 Å². The van der Waals surface area contributed by atoms with Crippen molar-refractivity contribution in [1.29, 1.82) is 0 Å². The first-order valence-electron chi connectivity index (χ1n) is 2.94. The van der Waals surface area contributed by atoms with Gasteiger partial charge in [0.05, 0.1) is 18.1 Å². The lowest BCUT2D eigenvalue weighted by molar-refractivity contribution is -0.400. The van der Waals surface area contributed by atoms with Gasteiger partial charge < -0.3 is 4.74 Å². The molecule has 1 rings (SSSR count). The van der Waals surface area contributed by atoms with Gasteiger partial charge in [-0.05, 0) is 0 Å². The average Bonchev–Trinajstić information content (AvgIpc) is 2.04. The summed E-state index contributed by atoms with van der Waals surface area (Å²) >= 11 is 0. The molecular formula is C6H7N2O3+. The lowest BCUT2D eigenvalue weighted by Gasteiger charge is -1.94. The third-order valence-electron chi connectivity index (χ3n) is 1.22. The van der Waals surface area contributed by atoms with Crippen LogP contribution in [0.1, 0.15) is 0 Å². The van der Waals surface area contributed by atoms with Crippen LogP contribution in [0.4, 0.5) is 5.69 Å². The predicted molar refractivity (Wildman–Crippen MR) is 36.2 cm³/mol. The smallest absolute Gasteiger partial charge is 0.323 e. The van der Waals surface area contributed by atoms with Gasteiger partial charge in [0.25, 0.3) is 5.75 Å². The summed E-state index contributed by atoms with van der Waals surface area (Å²) in [5.41, 5.74) is -0.0359. The molecule has 5 heteroatoms. The molecule has 5 nitrogen and oxygen atoms in total. The zero-order chi connectivity index (χ0) is 8.27. The maximum Gasteiger partial charge on any atom is 0.323 e. The second-order valence-corrected chi connectivity index (χ2v) is 1.86. The molecule has 1 aromatic rings. The van der Waals surface area contributed by atoms with Crippen molar-refractivity contribution in [2.45, 2.75) is 0 Å². The molecule has 0 fully saturated rings. The first-order chi connectivity index (χ1) is 5.25. The van der Waals surface area contributed by atoms with Crippen LogP contribution in [0.5, 0.6) is 5.75 Å². The number of methoxy groups -OCH3 is 1. The molecule has 0 aliphatic rings. The van der Waals surface area contributed by atoms with Crippen LogP contribution < -0.4 is 9.72 Å². The van der Waals surface area contributed by atoms with E-state index in [1.165, 1.54) is 25.6 Å². The Labute approximate surface area is 62.8 Å². The maximum atomic E-state index is 10.3. The highest BCUT2D eigenvalue weighted by Crippen LogP contribution is 2.22. The highest BCUT2D eigenvalue weighted by atomic mass is 16.6. The molecule has 0 aliphatic heterocycles. The molecule has 1 heterocycles. The number of ether oxygens (including phenoxy) is 1. The Morgan fingerprint density at radius 2 is 2.45 bits per heavy atom. The van der Waals surface area contributed by atoms with Crippen molar-refractivity contribution in [2.24, 2.45) is 0 Å². The molecule has 0 saturated carbocycles. The van der Waals surface area contributed by atoms with E-state index in [4.69, 9.17) is 4.74 Å². The van der Waals surface area contributed by atoms with Crippen LogP contribution in [0, 0.1) is 10.1 Å². The Morgan fingerprint density at radius 3 is 2.91 bits per heavy atom. The fourth-order valence-corrected chi connectivity index (χ4v) is 0.721. The van der Waals surface area contributed by atoms with Crippen molar-refractivity contribution in [3.8, 4) is 5.75 Å². The lowest BCUT2D eigenvalue weighted by Crippen LogP contribution is -2.03. The topological polar surface area (TPSA) is 66.5 Å². The number of H-pyrrole nitrogens is 1. The Bertz CT molecular complexity index is 274. The second kappa shape index (κ2) is 2.96. The summed E-state index contributed by atoms with van der Waals surface area (Å²) < 4.78 is 4.73. The Kier molecular flexibility index (Phi) is 2.00. The van der Waals surface area contributed by atoms with Crippen molar-refractivity contribution < 1.29 is 14.6 Å². The molecule has 0 atom stereocenters. The lowest BCUT2D eigenvalue weighted by atomic mass is 10.4. The van der Waals surface area contributed by atoms with Crippen LogP contribution in [0.15, 0.2) is 18.5 Å². The Morgan fingerprint density at radius 1 is 1.73 bits per heavy atom. The summed E-state index contributed by atoms with van der Waals surface area (Å²) in [5, 5.41) is 10.3. The first kappa shape index (κ1) is 7.46.